The number of methoxy groups -OCH3 is 1. The molecule has 0 heterocycles. The molecule has 30 heavy (non-hydrogen) atoms. The number of Topliss-reactive ketones (excluding diaryl/α,β-unsaturated/α-hetero) is 2. The van der Waals surface area contributed by atoms with Crippen LogP contribution in [0.3, 0.4) is 0 Å². The summed E-state index contributed by atoms with van der Waals surface area (Å²) in [7, 11) is 1.63. The summed E-state index contributed by atoms with van der Waals surface area (Å²) in [6, 6.07) is 22.0. The monoisotopic (exact) mass is 418 g/mol. The van der Waals surface area contributed by atoms with Crippen molar-refractivity contribution < 1.29 is 14.3 Å². The number of hydrogen-bond donors (Lipinski definition) is 2. The number of halogens is 1. The van der Waals surface area contributed by atoms with Crippen LogP contribution >= 0.6 is 11.6 Å². The van der Waals surface area contributed by atoms with Gasteiger partial charge in [-0.1, -0.05) is 54.1 Å². The van der Waals surface area contributed by atoms with E-state index in [-0.39, 0.29) is 22.3 Å². The van der Waals surface area contributed by atoms with E-state index in [4.69, 9.17) is 16.3 Å². The summed E-state index contributed by atoms with van der Waals surface area (Å²) < 4.78 is 5.23. The Hall–Kier alpha value is -3.57. The van der Waals surface area contributed by atoms with Crippen LogP contribution in [-0.2, 0) is 6.54 Å². The molecule has 0 aliphatic heterocycles. The molecule has 0 spiro atoms. The van der Waals surface area contributed by atoms with Crippen LogP contribution in [0.2, 0.25) is 0 Å². The lowest BCUT2D eigenvalue weighted by molar-refractivity contribution is 0.0982. The third kappa shape index (κ3) is 3.93. The van der Waals surface area contributed by atoms with Gasteiger partial charge in [0.05, 0.1) is 7.11 Å². The van der Waals surface area contributed by atoms with Gasteiger partial charge in [0.15, 0.2) is 0 Å². The predicted molar refractivity (Wildman–Crippen MR) is 118 cm³/mol. The van der Waals surface area contributed by atoms with E-state index in [0.717, 1.165) is 17.0 Å². The van der Waals surface area contributed by atoms with Crippen LogP contribution in [-0.4, -0.2) is 18.7 Å². The van der Waals surface area contributed by atoms with Crippen molar-refractivity contribution in [1.82, 2.24) is 0 Å². The van der Waals surface area contributed by atoms with E-state index in [1.54, 1.807) is 31.4 Å². The van der Waals surface area contributed by atoms with Crippen LogP contribution < -0.4 is 15.4 Å². The number of ether oxygens (including phenoxy) is 1. The fraction of sp³-hybridized carbons (Fsp3) is 0.0833. The largest absolute Gasteiger partial charge is 0.497 e. The molecule has 0 radical (unpaired) electrons. The molecule has 3 aromatic rings. The number of rotatable bonds is 6. The maximum Gasteiger partial charge on any atom is 0.211 e. The smallest absolute Gasteiger partial charge is 0.211 e. The first-order valence-corrected chi connectivity index (χ1v) is 9.76. The van der Waals surface area contributed by atoms with Gasteiger partial charge in [0, 0.05) is 35.1 Å². The predicted octanol–water partition coefficient (Wildman–Crippen LogP) is 5.25. The van der Waals surface area contributed by atoms with E-state index in [0.29, 0.717) is 23.4 Å². The molecule has 2 N–H and O–H groups in total. The number of fused-ring (bicyclic) bond motifs is 1. The van der Waals surface area contributed by atoms with Gasteiger partial charge in [-0.05, 0) is 29.8 Å². The topological polar surface area (TPSA) is 67.4 Å². The highest BCUT2D eigenvalue weighted by molar-refractivity contribution is 6.50. The summed E-state index contributed by atoms with van der Waals surface area (Å²) in [6.07, 6.45) is 0. The summed E-state index contributed by atoms with van der Waals surface area (Å²) >= 11 is 6.21. The molecule has 4 rings (SSSR count). The van der Waals surface area contributed by atoms with Gasteiger partial charge in [-0.2, -0.15) is 0 Å². The lowest BCUT2D eigenvalue weighted by atomic mass is 9.92. The Morgan fingerprint density at radius 1 is 0.833 bits per heavy atom. The van der Waals surface area contributed by atoms with Crippen molar-refractivity contribution in [3.63, 3.8) is 0 Å². The Labute approximate surface area is 179 Å². The van der Waals surface area contributed by atoms with Gasteiger partial charge in [-0.15, -0.1) is 0 Å². The average molecular weight is 419 g/mol. The Morgan fingerprint density at radius 2 is 1.53 bits per heavy atom. The number of anilines is 2. The summed E-state index contributed by atoms with van der Waals surface area (Å²) in [5, 5.41) is 6.25. The zero-order valence-corrected chi connectivity index (χ0v) is 17.0. The summed E-state index contributed by atoms with van der Waals surface area (Å²) in [4.78, 5) is 25.3. The third-order valence-corrected chi connectivity index (χ3v) is 5.21. The number of allylic oxidation sites excluding steroid dienone is 2. The van der Waals surface area contributed by atoms with Crippen molar-refractivity contribution in [3.8, 4) is 5.75 Å². The standard InChI is InChI=1S/C24H19ClN2O3/c1-30-18-6-4-5-17(13-18)26-14-15-9-11-16(12-10-15)27-22-21(25)23(28)19-7-2-3-8-20(19)24(22)29/h2-13,26-27H,14H2,1H3. The van der Waals surface area contributed by atoms with Crippen LogP contribution in [0.15, 0.2) is 83.5 Å². The zero-order chi connectivity index (χ0) is 21.1. The number of nitrogens with one attached hydrogen (secondary N) is 2. The molecule has 1 aliphatic rings. The highest BCUT2D eigenvalue weighted by Crippen LogP contribution is 2.29. The third-order valence-electron chi connectivity index (χ3n) is 4.85. The van der Waals surface area contributed by atoms with Gasteiger partial charge in [-0.3, -0.25) is 9.59 Å². The molecule has 150 valence electrons. The lowest BCUT2D eigenvalue weighted by Crippen LogP contribution is -2.24. The highest BCUT2D eigenvalue weighted by Gasteiger charge is 2.31. The minimum atomic E-state index is -0.353. The van der Waals surface area contributed by atoms with Crippen molar-refractivity contribution in [2.75, 3.05) is 17.7 Å². The molecule has 1 aliphatic carbocycles. The number of carbonyl (C=O) groups excluding carboxylic acids is 2. The Bertz CT molecular complexity index is 1150. The van der Waals surface area contributed by atoms with Gasteiger partial charge in [0.1, 0.15) is 16.5 Å². The van der Waals surface area contributed by atoms with E-state index < -0.39 is 0 Å². The Balaban J connectivity index is 1.46. The minimum Gasteiger partial charge on any atom is -0.497 e. The quantitative estimate of drug-likeness (QED) is 0.572. The number of hydrogen-bond acceptors (Lipinski definition) is 5. The Kier molecular flexibility index (Phi) is 5.55. The average Bonchev–Trinajstić information content (AvgIpc) is 2.80. The molecule has 6 heteroatoms. The van der Waals surface area contributed by atoms with Crippen LogP contribution in [0.25, 0.3) is 0 Å². The first-order chi connectivity index (χ1) is 14.6. The van der Waals surface area contributed by atoms with E-state index in [9.17, 15) is 9.59 Å². The molecule has 0 saturated heterocycles. The van der Waals surface area contributed by atoms with E-state index in [1.165, 1.54) is 0 Å². The second kappa shape index (κ2) is 8.43. The van der Waals surface area contributed by atoms with Gasteiger partial charge < -0.3 is 15.4 Å². The normalized spacial score (nSPS) is 13.1. The van der Waals surface area contributed by atoms with Crippen molar-refractivity contribution in [3.05, 3.63) is 100 Å². The number of ketones is 2. The van der Waals surface area contributed by atoms with Crippen LogP contribution in [0.1, 0.15) is 26.3 Å². The van der Waals surface area contributed by atoms with Crippen molar-refractivity contribution in [2.45, 2.75) is 6.54 Å². The first-order valence-electron chi connectivity index (χ1n) is 9.39. The number of benzene rings is 3. The van der Waals surface area contributed by atoms with Crippen LogP contribution in [0.4, 0.5) is 11.4 Å². The van der Waals surface area contributed by atoms with Gasteiger partial charge >= 0.3 is 0 Å². The van der Waals surface area contributed by atoms with Gasteiger partial charge in [0.25, 0.3) is 0 Å². The second-order valence-corrected chi connectivity index (χ2v) is 7.18. The fourth-order valence-corrected chi connectivity index (χ4v) is 3.48. The van der Waals surface area contributed by atoms with Crippen molar-refractivity contribution in [1.29, 1.82) is 0 Å². The summed E-state index contributed by atoms with van der Waals surface area (Å²) in [6.45, 7) is 0.627. The van der Waals surface area contributed by atoms with E-state index in [1.807, 2.05) is 48.5 Å². The summed E-state index contributed by atoms with van der Waals surface area (Å²) in [5.74, 6) is 0.144. The first kappa shape index (κ1) is 19.7. The molecule has 0 fully saturated rings. The molecule has 0 amide bonds. The van der Waals surface area contributed by atoms with Gasteiger partial charge in [0.2, 0.25) is 11.6 Å². The lowest BCUT2D eigenvalue weighted by Gasteiger charge is -2.19. The maximum absolute atomic E-state index is 12.8. The number of carbonyl (C=O) groups is 2. The van der Waals surface area contributed by atoms with Crippen LogP contribution in [0, 0.1) is 0 Å². The van der Waals surface area contributed by atoms with Crippen LogP contribution in [0.5, 0.6) is 5.75 Å². The molecule has 0 unspecified atom stereocenters. The molecule has 0 aromatic heterocycles. The molecule has 0 saturated carbocycles. The Morgan fingerprint density at radius 3 is 2.23 bits per heavy atom. The molecule has 0 atom stereocenters. The fourth-order valence-electron chi connectivity index (χ4n) is 3.24. The maximum atomic E-state index is 12.8. The van der Waals surface area contributed by atoms with Crippen molar-refractivity contribution in [2.24, 2.45) is 0 Å². The zero-order valence-electron chi connectivity index (χ0n) is 16.2. The van der Waals surface area contributed by atoms with E-state index in [2.05, 4.69) is 10.6 Å². The van der Waals surface area contributed by atoms with E-state index >= 15 is 0 Å². The molecule has 3 aromatic carbocycles. The molecular weight excluding hydrogens is 400 g/mol. The molecule has 0 bridgehead atoms. The SMILES string of the molecule is COc1cccc(NCc2ccc(NC3=C(Cl)C(=O)c4ccccc4C3=O)cc2)c1. The van der Waals surface area contributed by atoms with Gasteiger partial charge in [-0.25, -0.2) is 0 Å². The molecule has 5 nitrogen and oxygen atoms in total. The summed E-state index contributed by atoms with van der Waals surface area (Å²) in [5.41, 5.74) is 3.47. The highest BCUT2D eigenvalue weighted by atomic mass is 35.5. The van der Waals surface area contributed by atoms with Crippen molar-refractivity contribution >= 4 is 34.5 Å². The molecular formula is C24H19ClN2O3. The second-order valence-electron chi connectivity index (χ2n) is 6.80. The minimum absolute atomic E-state index is 0.0949.